The maximum absolute atomic E-state index is 13.1. The Labute approximate surface area is 93.2 Å². The summed E-state index contributed by atoms with van der Waals surface area (Å²) < 4.78 is 23.3. The molecule has 0 spiro atoms. The van der Waals surface area contributed by atoms with Gasteiger partial charge in [0.2, 0.25) is 0 Å². The molecule has 0 saturated heterocycles. The molecule has 0 amide bonds. The van der Waals surface area contributed by atoms with Gasteiger partial charge in [0.25, 0.3) is 0 Å². The smallest absolute Gasteiger partial charge is 0.124 e. The van der Waals surface area contributed by atoms with Crippen LogP contribution in [0.2, 0.25) is 0 Å². The van der Waals surface area contributed by atoms with Gasteiger partial charge in [-0.3, -0.25) is 0 Å². The fourth-order valence-corrected chi connectivity index (χ4v) is 1.39. The van der Waals surface area contributed by atoms with Crippen LogP contribution < -0.4 is 4.74 Å². The second-order valence-corrected chi connectivity index (χ2v) is 3.15. The monoisotopic (exact) mass is 230 g/mol. The van der Waals surface area contributed by atoms with E-state index in [1.165, 1.54) is 25.3 Å². The highest BCUT2D eigenvalue weighted by Crippen LogP contribution is 2.28. The van der Waals surface area contributed by atoms with Gasteiger partial charge in [-0.05, 0) is 18.2 Å². The van der Waals surface area contributed by atoms with Gasteiger partial charge in [-0.15, -0.1) is 0 Å². The van der Waals surface area contributed by atoms with Crippen LogP contribution in [-0.2, 0) is 4.74 Å². The van der Waals surface area contributed by atoms with Crippen molar-refractivity contribution in [3.63, 3.8) is 0 Å². The molecular weight excluding hydrogens is 215 g/mol. The molecule has 0 aromatic heterocycles. The molecule has 0 bridgehead atoms. The van der Waals surface area contributed by atoms with Crippen LogP contribution in [0.4, 0.5) is 4.39 Å². The molecule has 1 unspecified atom stereocenters. The van der Waals surface area contributed by atoms with E-state index < -0.39 is 11.9 Å². The van der Waals surface area contributed by atoms with Crippen molar-refractivity contribution in [2.24, 2.45) is 0 Å². The average molecular weight is 230 g/mol. The molecule has 0 heterocycles. The summed E-state index contributed by atoms with van der Waals surface area (Å²) in [4.78, 5) is 0. The van der Waals surface area contributed by atoms with Crippen LogP contribution in [0, 0.1) is 5.82 Å². The molecule has 1 rings (SSSR count). The zero-order valence-electron chi connectivity index (χ0n) is 9.02. The molecule has 5 heteroatoms. The Morgan fingerprint density at radius 1 is 1.38 bits per heavy atom. The Hall–Kier alpha value is -1.17. The van der Waals surface area contributed by atoms with Crippen LogP contribution in [-0.4, -0.2) is 37.1 Å². The normalized spacial score (nSPS) is 12.5. The number of aliphatic hydroxyl groups excluding tert-OH is 2. The van der Waals surface area contributed by atoms with Crippen molar-refractivity contribution in [1.82, 2.24) is 0 Å². The SMILES string of the molecule is COc1ccc(F)cc1C(CO)OCCO. The number of hydrogen-bond donors (Lipinski definition) is 2. The van der Waals surface area contributed by atoms with E-state index in [-0.39, 0.29) is 19.8 Å². The number of halogens is 1. The Morgan fingerprint density at radius 2 is 2.12 bits per heavy atom. The molecule has 0 radical (unpaired) electrons. The predicted octanol–water partition coefficient (Wildman–Crippen LogP) is 0.877. The summed E-state index contributed by atoms with van der Waals surface area (Å²) in [6.07, 6.45) is -0.696. The van der Waals surface area contributed by atoms with E-state index in [0.29, 0.717) is 11.3 Å². The third kappa shape index (κ3) is 3.16. The number of aliphatic hydroxyl groups is 2. The molecule has 90 valence electrons. The number of ether oxygens (including phenoxy) is 2. The van der Waals surface area contributed by atoms with E-state index in [1.807, 2.05) is 0 Å². The maximum atomic E-state index is 13.1. The van der Waals surface area contributed by atoms with E-state index in [4.69, 9.17) is 19.7 Å². The Bertz CT molecular complexity index is 330. The van der Waals surface area contributed by atoms with Gasteiger partial charge < -0.3 is 19.7 Å². The summed E-state index contributed by atoms with van der Waals surface area (Å²) in [6, 6.07) is 3.98. The van der Waals surface area contributed by atoms with E-state index in [9.17, 15) is 4.39 Å². The molecule has 1 atom stereocenters. The van der Waals surface area contributed by atoms with Crippen LogP contribution >= 0.6 is 0 Å². The van der Waals surface area contributed by atoms with Crippen molar-refractivity contribution in [3.8, 4) is 5.75 Å². The number of benzene rings is 1. The van der Waals surface area contributed by atoms with Crippen molar-refractivity contribution >= 4 is 0 Å². The Balaban J connectivity index is 2.92. The Morgan fingerprint density at radius 3 is 2.69 bits per heavy atom. The summed E-state index contributed by atoms with van der Waals surface area (Å²) in [5.41, 5.74) is 0.429. The maximum Gasteiger partial charge on any atom is 0.124 e. The van der Waals surface area contributed by atoms with Crippen molar-refractivity contribution in [2.75, 3.05) is 26.9 Å². The molecule has 4 nitrogen and oxygen atoms in total. The van der Waals surface area contributed by atoms with Gasteiger partial charge in [-0.1, -0.05) is 0 Å². The van der Waals surface area contributed by atoms with Gasteiger partial charge >= 0.3 is 0 Å². The number of methoxy groups -OCH3 is 1. The summed E-state index contributed by atoms with van der Waals surface area (Å²) >= 11 is 0. The standard InChI is InChI=1S/C11H15FO4/c1-15-10-3-2-8(12)6-9(10)11(7-14)16-5-4-13/h2-3,6,11,13-14H,4-5,7H2,1H3. The molecule has 0 saturated carbocycles. The van der Waals surface area contributed by atoms with Crippen molar-refractivity contribution in [3.05, 3.63) is 29.6 Å². The highest BCUT2D eigenvalue weighted by atomic mass is 19.1. The topological polar surface area (TPSA) is 58.9 Å². The van der Waals surface area contributed by atoms with Crippen LogP contribution in [0.5, 0.6) is 5.75 Å². The lowest BCUT2D eigenvalue weighted by atomic mass is 10.1. The van der Waals surface area contributed by atoms with E-state index in [0.717, 1.165) is 0 Å². The molecule has 0 aliphatic heterocycles. The summed E-state index contributed by atoms with van der Waals surface area (Å²) in [5.74, 6) is 0.0141. The van der Waals surface area contributed by atoms with Gasteiger partial charge in [0, 0.05) is 5.56 Å². The predicted molar refractivity (Wildman–Crippen MR) is 55.8 cm³/mol. The van der Waals surface area contributed by atoms with Gasteiger partial charge in [-0.25, -0.2) is 4.39 Å². The van der Waals surface area contributed by atoms with Crippen LogP contribution in [0.15, 0.2) is 18.2 Å². The van der Waals surface area contributed by atoms with Gasteiger partial charge in [0.1, 0.15) is 17.7 Å². The minimum atomic E-state index is -0.696. The summed E-state index contributed by atoms with van der Waals surface area (Å²) in [6.45, 7) is -0.390. The molecule has 0 fully saturated rings. The lowest BCUT2D eigenvalue weighted by molar-refractivity contribution is -0.00599. The number of hydrogen-bond acceptors (Lipinski definition) is 4. The van der Waals surface area contributed by atoms with Gasteiger partial charge in [0.05, 0.1) is 26.9 Å². The quantitative estimate of drug-likeness (QED) is 0.761. The zero-order chi connectivity index (χ0) is 12.0. The molecule has 2 N–H and O–H groups in total. The summed E-state index contributed by atoms with van der Waals surface area (Å²) in [5, 5.41) is 17.8. The molecule has 16 heavy (non-hydrogen) atoms. The van der Waals surface area contributed by atoms with Crippen LogP contribution in [0.3, 0.4) is 0 Å². The van der Waals surface area contributed by atoms with E-state index >= 15 is 0 Å². The second-order valence-electron chi connectivity index (χ2n) is 3.15. The summed E-state index contributed by atoms with van der Waals surface area (Å²) in [7, 11) is 1.46. The first-order chi connectivity index (χ1) is 7.72. The molecular formula is C11H15FO4. The van der Waals surface area contributed by atoms with Crippen LogP contribution in [0.1, 0.15) is 11.7 Å². The van der Waals surface area contributed by atoms with Gasteiger partial charge in [0.15, 0.2) is 0 Å². The van der Waals surface area contributed by atoms with Gasteiger partial charge in [-0.2, -0.15) is 0 Å². The van der Waals surface area contributed by atoms with Crippen LogP contribution in [0.25, 0.3) is 0 Å². The highest BCUT2D eigenvalue weighted by Gasteiger charge is 2.16. The molecule has 0 aliphatic rings. The fraction of sp³-hybridized carbons (Fsp3) is 0.455. The molecule has 1 aromatic rings. The van der Waals surface area contributed by atoms with Crippen molar-refractivity contribution in [2.45, 2.75) is 6.10 Å². The fourth-order valence-electron chi connectivity index (χ4n) is 1.39. The second kappa shape index (κ2) is 6.42. The third-order valence-corrected chi connectivity index (χ3v) is 2.11. The highest BCUT2D eigenvalue weighted by molar-refractivity contribution is 5.35. The van der Waals surface area contributed by atoms with Crippen molar-refractivity contribution < 1.29 is 24.1 Å². The molecule has 0 aliphatic carbocycles. The first-order valence-corrected chi connectivity index (χ1v) is 4.89. The van der Waals surface area contributed by atoms with E-state index in [2.05, 4.69) is 0 Å². The minimum absolute atomic E-state index is 0.0743. The Kier molecular flexibility index (Phi) is 5.18. The molecule has 1 aromatic carbocycles. The third-order valence-electron chi connectivity index (χ3n) is 2.11. The van der Waals surface area contributed by atoms with E-state index in [1.54, 1.807) is 0 Å². The largest absolute Gasteiger partial charge is 0.496 e. The zero-order valence-corrected chi connectivity index (χ0v) is 9.02. The minimum Gasteiger partial charge on any atom is -0.496 e. The number of rotatable bonds is 6. The first kappa shape index (κ1) is 12.9. The first-order valence-electron chi connectivity index (χ1n) is 4.89. The average Bonchev–Trinajstić information content (AvgIpc) is 2.30. The van der Waals surface area contributed by atoms with Crippen molar-refractivity contribution in [1.29, 1.82) is 0 Å². The lowest BCUT2D eigenvalue weighted by Gasteiger charge is -2.18. The lowest BCUT2D eigenvalue weighted by Crippen LogP contribution is -2.13.